The normalized spacial score (nSPS) is 13.7. The fourth-order valence-corrected chi connectivity index (χ4v) is 7.31. The van der Waals surface area contributed by atoms with E-state index in [0.717, 1.165) is 66.2 Å². The van der Waals surface area contributed by atoms with Crippen molar-refractivity contribution >= 4 is 40.3 Å². The highest BCUT2D eigenvalue weighted by atomic mass is 32.2. The molecule has 0 fully saturated rings. The molecule has 2 aliphatic rings. The van der Waals surface area contributed by atoms with Crippen molar-refractivity contribution in [2.75, 3.05) is 6.26 Å². The molecule has 1 aliphatic carbocycles. The number of aromatic nitrogens is 1. The van der Waals surface area contributed by atoms with Crippen molar-refractivity contribution in [3.8, 4) is 27.6 Å². The summed E-state index contributed by atoms with van der Waals surface area (Å²) in [6, 6.07) is 16.2. The van der Waals surface area contributed by atoms with Crippen LogP contribution in [0.3, 0.4) is 0 Å². The quantitative estimate of drug-likeness (QED) is 0.269. The number of aryl methyl sites for hydroxylation is 1. The summed E-state index contributed by atoms with van der Waals surface area (Å²) in [6.45, 7) is 0.905. The highest BCUT2D eigenvalue weighted by Gasteiger charge is 2.30. The zero-order valence-corrected chi connectivity index (χ0v) is 20.3. The van der Waals surface area contributed by atoms with Crippen molar-refractivity contribution in [2.45, 2.75) is 30.2 Å². The summed E-state index contributed by atoms with van der Waals surface area (Å²) < 4.78 is 1.16. The predicted molar refractivity (Wildman–Crippen MR) is 133 cm³/mol. The number of benzene rings is 2. The molecule has 1 N–H and O–H groups in total. The van der Waals surface area contributed by atoms with Crippen LogP contribution in [0, 0.1) is 0 Å². The van der Waals surface area contributed by atoms with Crippen LogP contribution >= 0.6 is 34.4 Å². The number of fused-ring (bicyclic) bond motifs is 4. The fraction of sp³-hybridized carbons (Fsp3) is 0.200. The highest BCUT2D eigenvalue weighted by molar-refractivity contribution is 8.00. The van der Waals surface area contributed by atoms with Gasteiger partial charge in [-0.2, -0.15) is 4.89 Å². The van der Waals surface area contributed by atoms with Crippen LogP contribution < -0.4 is 10.2 Å². The van der Waals surface area contributed by atoms with Gasteiger partial charge in [0.05, 0.1) is 14.8 Å². The molecule has 0 unspecified atom stereocenters. The lowest BCUT2D eigenvalue weighted by molar-refractivity contribution is -0.194. The molecule has 5 nitrogen and oxygen atoms in total. The topological polar surface area (TPSA) is 60.5 Å². The van der Waals surface area contributed by atoms with Gasteiger partial charge in [0.2, 0.25) is 0 Å². The first-order valence-electron chi connectivity index (χ1n) is 10.7. The van der Waals surface area contributed by atoms with Gasteiger partial charge in [0.25, 0.3) is 5.91 Å². The molecular weight excluding hydrogens is 472 g/mol. The molecule has 33 heavy (non-hydrogen) atoms. The number of carbonyl (C=O) groups excluding carboxylic acids is 1. The summed E-state index contributed by atoms with van der Waals surface area (Å²) in [6.07, 6.45) is 3.85. The van der Waals surface area contributed by atoms with E-state index in [-0.39, 0.29) is 5.91 Å². The molecule has 0 bridgehead atoms. The number of thiophene rings is 1. The molecule has 6 rings (SSSR count). The van der Waals surface area contributed by atoms with Crippen LogP contribution in [-0.2, 0) is 30.9 Å². The highest BCUT2D eigenvalue weighted by Crippen LogP contribution is 2.48. The van der Waals surface area contributed by atoms with Gasteiger partial charge in [-0.1, -0.05) is 42.5 Å². The van der Waals surface area contributed by atoms with Crippen molar-refractivity contribution in [3.63, 3.8) is 0 Å². The van der Waals surface area contributed by atoms with E-state index in [4.69, 9.17) is 14.8 Å². The van der Waals surface area contributed by atoms with Gasteiger partial charge in [0.1, 0.15) is 11.6 Å². The molecule has 166 valence electrons. The van der Waals surface area contributed by atoms with Gasteiger partial charge in [0, 0.05) is 28.1 Å². The maximum absolute atomic E-state index is 13.2. The summed E-state index contributed by atoms with van der Waals surface area (Å²) >= 11 is 5.04. The largest absolute Gasteiger partial charge is 0.347 e. The maximum Gasteiger partial charge on any atom is 0.261 e. The minimum atomic E-state index is -0.0313. The Kier molecular flexibility index (Phi) is 5.46. The van der Waals surface area contributed by atoms with E-state index in [2.05, 4.69) is 23.7 Å². The predicted octanol–water partition coefficient (Wildman–Crippen LogP) is 6.11. The second-order valence-corrected chi connectivity index (χ2v) is 11.1. The van der Waals surface area contributed by atoms with Crippen molar-refractivity contribution < 1.29 is 14.6 Å². The third kappa shape index (κ3) is 3.77. The van der Waals surface area contributed by atoms with E-state index < -0.39 is 0 Å². The summed E-state index contributed by atoms with van der Waals surface area (Å²) in [7, 11) is 0. The van der Waals surface area contributed by atoms with E-state index in [0.29, 0.717) is 13.2 Å². The lowest BCUT2D eigenvalue weighted by Gasteiger charge is -2.13. The zero-order chi connectivity index (χ0) is 22.4. The number of nitrogens with zero attached hydrogens (tertiary/aromatic N) is 1. The Labute approximate surface area is 203 Å². The third-order valence-electron chi connectivity index (χ3n) is 5.87. The number of rotatable bonds is 5. The standard InChI is InChI=1S/C25H20N2O3S3/c1-31-25-20-17(9-10-19-21(20)27-24(32-19)15-5-3-2-4-6-15)22(33-25)23(28)26-12-14-7-8-16-13-29-30-18(16)11-14/h2-8,11H,9-10,12-13H2,1H3,(H,26,28). The number of hydrogen-bond acceptors (Lipinski definition) is 7. The van der Waals surface area contributed by atoms with Gasteiger partial charge in [-0.3, -0.25) is 4.79 Å². The van der Waals surface area contributed by atoms with Gasteiger partial charge in [-0.15, -0.1) is 34.4 Å². The molecule has 8 heteroatoms. The molecule has 0 saturated heterocycles. The van der Waals surface area contributed by atoms with Crippen LogP contribution in [0.5, 0.6) is 5.75 Å². The molecule has 2 aromatic carbocycles. The van der Waals surface area contributed by atoms with Crippen LogP contribution in [0.4, 0.5) is 0 Å². The Morgan fingerprint density at radius 3 is 2.88 bits per heavy atom. The molecule has 1 amide bonds. The van der Waals surface area contributed by atoms with Crippen LogP contribution in [0.1, 0.15) is 31.2 Å². The molecule has 0 spiro atoms. The van der Waals surface area contributed by atoms with Crippen LogP contribution in [0.25, 0.3) is 21.8 Å². The summed E-state index contributed by atoms with van der Waals surface area (Å²) in [5.41, 5.74) is 6.48. The molecule has 0 radical (unpaired) electrons. The second kappa shape index (κ2) is 8.61. The number of nitrogens with one attached hydrogen (secondary N) is 1. The number of thiazole rings is 1. The molecule has 0 saturated carbocycles. The van der Waals surface area contributed by atoms with Crippen molar-refractivity contribution in [2.24, 2.45) is 0 Å². The van der Waals surface area contributed by atoms with Gasteiger partial charge >= 0.3 is 0 Å². The van der Waals surface area contributed by atoms with E-state index in [1.165, 1.54) is 4.88 Å². The van der Waals surface area contributed by atoms with Gasteiger partial charge < -0.3 is 10.2 Å². The molecule has 1 aliphatic heterocycles. The minimum absolute atomic E-state index is 0.0313. The maximum atomic E-state index is 13.2. The average molecular weight is 493 g/mol. The van der Waals surface area contributed by atoms with E-state index >= 15 is 0 Å². The smallest absolute Gasteiger partial charge is 0.261 e. The van der Waals surface area contributed by atoms with Crippen LogP contribution in [-0.4, -0.2) is 17.1 Å². The Morgan fingerprint density at radius 1 is 1.15 bits per heavy atom. The first-order valence-corrected chi connectivity index (χ1v) is 13.5. The van der Waals surface area contributed by atoms with Gasteiger partial charge in [-0.25, -0.2) is 4.98 Å². The summed E-state index contributed by atoms with van der Waals surface area (Å²) in [5, 5.41) is 4.14. The molecule has 3 heterocycles. The van der Waals surface area contributed by atoms with Crippen LogP contribution in [0.15, 0.2) is 52.7 Å². The summed E-state index contributed by atoms with van der Waals surface area (Å²) in [4.78, 5) is 30.5. The summed E-state index contributed by atoms with van der Waals surface area (Å²) in [5.74, 6) is 0.696. The minimum Gasteiger partial charge on any atom is -0.347 e. The molecule has 0 atom stereocenters. The molecule has 2 aromatic heterocycles. The fourth-order valence-electron chi connectivity index (χ4n) is 4.23. The SMILES string of the molecule is CSc1sc(C(=O)NCc2ccc3c(c2)OOC3)c2c1-c1nc(-c3ccccc3)sc1CC2. The monoisotopic (exact) mass is 492 g/mol. The lowest BCUT2D eigenvalue weighted by Crippen LogP contribution is -2.23. The van der Waals surface area contributed by atoms with E-state index in [9.17, 15) is 4.79 Å². The number of hydrogen-bond donors (Lipinski definition) is 1. The molecule has 4 aromatic rings. The van der Waals surface area contributed by atoms with E-state index in [1.54, 1.807) is 34.4 Å². The Balaban J connectivity index is 1.29. The third-order valence-corrected chi connectivity index (χ3v) is 9.39. The van der Waals surface area contributed by atoms with Crippen LogP contribution in [0.2, 0.25) is 0 Å². The second-order valence-electron chi connectivity index (χ2n) is 7.90. The van der Waals surface area contributed by atoms with Gasteiger partial charge in [0.15, 0.2) is 5.75 Å². The number of thioether (sulfide) groups is 1. The van der Waals surface area contributed by atoms with Gasteiger partial charge in [-0.05, 0) is 36.3 Å². The Hall–Kier alpha value is -2.65. The first kappa shape index (κ1) is 20.9. The average Bonchev–Trinajstić information content (AvgIpc) is 3.58. The lowest BCUT2D eigenvalue weighted by atomic mass is 9.95. The molecular formula is C25H20N2O3S3. The number of carbonyl (C=O) groups is 1. The van der Waals surface area contributed by atoms with Crippen molar-refractivity contribution in [1.82, 2.24) is 10.3 Å². The number of amides is 1. The van der Waals surface area contributed by atoms with Crippen molar-refractivity contribution in [1.29, 1.82) is 0 Å². The first-order chi connectivity index (χ1) is 16.2. The Morgan fingerprint density at radius 2 is 2.03 bits per heavy atom. The Bertz CT molecular complexity index is 1360. The zero-order valence-electron chi connectivity index (χ0n) is 17.8. The van der Waals surface area contributed by atoms with E-state index in [1.807, 2.05) is 36.4 Å². The van der Waals surface area contributed by atoms with Crippen molar-refractivity contribution in [3.05, 3.63) is 75.0 Å².